The quantitative estimate of drug-likeness (QED) is 0.739. The summed E-state index contributed by atoms with van der Waals surface area (Å²) in [6.07, 6.45) is -0.317. The number of benzene rings is 2. The van der Waals surface area contributed by atoms with Crippen LogP contribution in [0.15, 0.2) is 60.7 Å². The van der Waals surface area contributed by atoms with Crippen LogP contribution in [0.5, 0.6) is 0 Å². The van der Waals surface area contributed by atoms with Crippen LogP contribution in [0.1, 0.15) is 11.1 Å². The van der Waals surface area contributed by atoms with E-state index in [1.54, 1.807) is 0 Å². The Balaban J connectivity index is 1.90. The second-order valence-electron chi connectivity index (χ2n) is 8.18. The molecular formula is C21H32N2O+2. The van der Waals surface area contributed by atoms with E-state index in [2.05, 4.69) is 76.7 Å². The summed E-state index contributed by atoms with van der Waals surface area (Å²) in [6, 6.07) is 21.0. The third kappa shape index (κ3) is 6.44. The van der Waals surface area contributed by atoms with Gasteiger partial charge < -0.3 is 14.1 Å². The van der Waals surface area contributed by atoms with E-state index in [-0.39, 0.29) is 6.10 Å². The van der Waals surface area contributed by atoms with E-state index in [4.69, 9.17) is 0 Å². The highest BCUT2D eigenvalue weighted by molar-refractivity contribution is 5.14. The van der Waals surface area contributed by atoms with Crippen LogP contribution in [-0.2, 0) is 13.1 Å². The van der Waals surface area contributed by atoms with Crippen molar-refractivity contribution in [1.82, 2.24) is 0 Å². The molecule has 0 heterocycles. The Bertz CT molecular complexity index is 553. The first-order chi connectivity index (χ1) is 11.3. The van der Waals surface area contributed by atoms with Gasteiger partial charge in [-0.1, -0.05) is 60.7 Å². The molecule has 2 aromatic rings. The van der Waals surface area contributed by atoms with Crippen molar-refractivity contribution in [2.45, 2.75) is 19.2 Å². The normalized spacial score (nSPS) is 12.6. The lowest BCUT2D eigenvalue weighted by atomic mass is 10.1. The van der Waals surface area contributed by atoms with Crippen molar-refractivity contribution in [2.24, 2.45) is 0 Å². The van der Waals surface area contributed by atoms with E-state index in [1.165, 1.54) is 11.1 Å². The molecule has 0 saturated heterocycles. The molecular weight excluding hydrogens is 296 g/mol. The lowest BCUT2D eigenvalue weighted by molar-refractivity contribution is -0.927. The molecule has 0 amide bonds. The first-order valence-electron chi connectivity index (χ1n) is 8.66. The molecule has 1 N–H and O–H groups in total. The molecule has 0 saturated carbocycles. The number of hydrogen-bond donors (Lipinski definition) is 1. The molecule has 24 heavy (non-hydrogen) atoms. The molecule has 3 heteroatoms. The van der Waals surface area contributed by atoms with Crippen molar-refractivity contribution in [3.05, 3.63) is 71.8 Å². The molecule has 0 spiro atoms. The number of aliphatic hydroxyl groups is 1. The van der Waals surface area contributed by atoms with Gasteiger partial charge in [0, 0.05) is 11.1 Å². The molecule has 0 aromatic heterocycles. The van der Waals surface area contributed by atoms with Gasteiger partial charge in [-0.3, -0.25) is 0 Å². The van der Waals surface area contributed by atoms with Crippen LogP contribution in [0, 0.1) is 0 Å². The molecule has 0 unspecified atom stereocenters. The van der Waals surface area contributed by atoms with Crippen LogP contribution in [0.4, 0.5) is 0 Å². The van der Waals surface area contributed by atoms with Crippen molar-refractivity contribution in [3.8, 4) is 0 Å². The van der Waals surface area contributed by atoms with E-state index < -0.39 is 0 Å². The van der Waals surface area contributed by atoms with E-state index >= 15 is 0 Å². The van der Waals surface area contributed by atoms with Crippen molar-refractivity contribution in [3.63, 3.8) is 0 Å². The van der Waals surface area contributed by atoms with Crippen LogP contribution in [0.25, 0.3) is 0 Å². The lowest BCUT2D eigenvalue weighted by Gasteiger charge is -2.36. The predicted octanol–water partition coefficient (Wildman–Crippen LogP) is 2.90. The first-order valence-corrected chi connectivity index (χ1v) is 8.66. The smallest absolute Gasteiger partial charge is 0.152 e. The minimum atomic E-state index is -0.317. The lowest BCUT2D eigenvalue weighted by Crippen LogP contribution is -2.51. The van der Waals surface area contributed by atoms with Crippen molar-refractivity contribution >= 4 is 0 Å². The van der Waals surface area contributed by atoms with Gasteiger partial charge in [0.1, 0.15) is 26.2 Å². The summed E-state index contributed by atoms with van der Waals surface area (Å²) >= 11 is 0. The molecule has 0 aliphatic heterocycles. The Labute approximate surface area is 147 Å². The third-order valence-electron chi connectivity index (χ3n) is 4.32. The SMILES string of the molecule is C[N+](C)(Cc1ccccc1)CC(O)C[N+](C)(C)Cc1ccccc1. The van der Waals surface area contributed by atoms with E-state index in [0.29, 0.717) is 0 Å². The van der Waals surface area contributed by atoms with Gasteiger partial charge in [0.05, 0.1) is 28.2 Å². The summed E-state index contributed by atoms with van der Waals surface area (Å²) in [6.45, 7) is 3.38. The Kier molecular flexibility index (Phi) is 6.16. The maximum absolute atomic E-state index is 10.6. The second-order valence-corrected chi connectivity index (χ2v) is 8.18. The van der Waals surface area contributed by atoms with E-state index in [9.17, 15) is 5.11 Å². The Morgan fingerprint density at radius 2 is 1.00 bits per heavy atom. The highest BCUT2D eigenvalue weighted by atomic mass is 16.3. The molecule has 0 atom stereocenters. The number of rotatable bonds is 8. The Morgan fingerprint density at radius 1 is 0.667 bits per heavy atom. The fourth-order valence-electron chi connectivity index (χ4n) is 3.48. The van der Waals surface area contributed by atoms with Gasteiger partial charge in [0.2, 0.25) is 0 Å². The zero-order chi connectivity index (χ0) is 17.6. The molecule has 130 valence electrons. The van der Waals surface area contributed by atoms with Crippen molar-refractivity contribution in [2.75, 3.05) is 41.3 Å². The number of aliphatic hydroxyl groups excluding tert-OH is 1. The molecule has 2 aromatic carbocycles. The summed E-state index contributed by atoms with van der Waals surface area (Å²) < 4.78 is 1.58. The number of quaternary nitrogens is 2. The fourth-order valence-corrected chi connectivity index (χ4v) is 3.48. The first kappa shape index (κ1) is 18.7. The average Bonchev–Trinajstić information content (AvgIpc) is 2.46. The third-order valence-corrected chi connectivity index (χ3v) is 4.32. The maximum atomic E-state index is 10.6. The number of nitrogens with zero attached hydrogens (tertiary/aromatic N) is 2. The van der Waals surface area contributed by atoms with Gasteiger partial charge in [-0.15, -0.1) is 0 Å². The van der Waals surface area contributed by atoms with Gasteiger partial charge >= 0.3 is 0 Å². The minimum Gasteiger partial charge on any atom is -0.382 e. The summed E-state index contributed by atoms with van der Waals surface area (Å²) in [5.74, 6) is 0. The molecule has 0 aliphatic rings. The van der Waals surface area contributed by atoms with Gasteiger partial charge in [-0.25, -0.2) is 0 Å². The zero-order valence-corrected chi connectivity index (χ0v) is 15.5. The number of likely N-dealkylation sites (N-methyl/N-ethyl adjacent to an activating group) is 2. The summed E-state index contributed by atoms with van der Waals surface area (Å²) in [5.41, 5.74) is 2.63. The van der Waals surface area contributed by atoms with Crippen LogP contribution < -0.4 is 0 Å². The maximum Gasteiger partial charge on any atom is 0.152 e. The molecule has 0 fully saturated rings. The largest absolute Gasteiger partial charge is 0.382 e. The van der Waals surface area contributed by atoms with Gasteiger partial charge in [0.25, 0.3) is 0 Å². The molecule has 0 bridgehead atoms. The van der Waals surface area contributed by atoms with Gasteiger partial charge in [-0.05, 0) is 0 Å². The highest BCUT2D eigenvalue weighted by Crippen LogP contribution is 2.14. The molecule has 0 aliphatic carbocycles. The van der Waals surface area contributed by atoms with E-state index in [1.807, 2.05) is 12.1 Å². The fraction of sp³-hybridized carbons (Fsp3) is 0.429. The molecule has 2 rings (SSSR count). The van der Waals surface area contributed by atoms with Crippen LogP contribution >= 0.6 is 0 Å². The summed E-state index contributed by atoms with van der Waals surface area (Å²) in [7, 11) is 8.75. The highest BCUT2D eigenvalue weighted by Gasteiger charge is 2.27. The Hall–Kier alpha value is -1.68. The standard InChI is InChI=1S/C21H32N2O/c1-22(2,15-19-11-7-5-8-12-19)17-21(24)18-23(3,4)16-20-13-9-6-10-14-20/h5-14,21,24H,15-18H2,1-4H3/q+2. The Morgan fingerprint density at radius 3 is 1.33 bits per heavy atom. The van der Waals surface area contributed by atoms with E-state index in [0.717, 1.165) is 35.1 Å². The topological polar surface area (TPSA) is 20.2 Å². The van der Waals surface area contributed by atoms with Crippen molar-refractivity contribution < 1.29 is 14.1 Å². The van der Waals surface area contributed by atoms with Gasteiger partial charge in [0.15, 0.2) is 6.10 Å². The average molecular weight is 328 g/mol. The number of hydrogen-bond acceptors (Lipinski definition) is 1. The monoisotopic (exact) mass is 328 g/mol. The van der Waals surface area contributed by atoms with Gasteiger partial charge in [-0.2, -0.15) is 0 Å². The minimum absolute atomic E-state index is 0.317. The zero-order valence-electron chi connectivity index (χ0n) is 15.5. The summed E-state index contributed by atoms with van der Waals surface area (Å²) in [5, 5.41) is 10.6. The predicted molar refractivity (Wildman–Crippen MR) is 100 cm³/mol. The molecule has 3 nitrogen and oxygen atoms in total. The molecule has 0 radical (unpaired) electrons. The summed E-state index contributed by atoms with van der Waals surface area (Å²) in [4.78, 5) is 0. The van der Waals surface area contributed by atoms with Crippen LogP contribution in [0.3, 0.4) is 0 Å². The van der Waals surface area contributed by atoms with Crippen LogP contribution in [0.2, 0.25) is 0 Å². The second kappa shape index (κ2) is 7.93. The van der Waals surface area contributed by atoms with Crippen LogP contribution in [-0.4, -0.2) is 61.5 Å². The van der Waals surface area contributed by atoms with Crippen molar-refractivity contribution in [1.29, 1.82) is 0 Å².